The molecule has 0 amide bonds. The molecule has 0 unspecified atom stereocenters. The second-order valence-corrected chi connectivity index (χ2v) is 5.04. The minimum atomic E-state index is 0. The summed E-state index contributed by atoms with van der Waals surface area (Å²) in [6, 6.07) is 8.41. The fraction of sp³-hybridized carbons (Fsp3) is 0.308. The molecule has 0 radical (unpaired) electrons. The number of nitrogens with one attached hydrogen (secondary N) is 1. The molecule has 1 aromatic heterocycles. The van der Waals surface area contributed by atoms with Crippen LogP contribution in [-0.4, -0.2) is 5.84 Å². The van der Waals surface area contributed by atoms with Crippen molar-refractivity contribution < 1.29 is 0 Å². The van der Waals surface area contributed by atoms with E-state index in [1.54, 1.807) is 11.3 Å². The maximum Gasteiger partial charge on any atom is 0.133 e. The maximum atomic E-state index is 7.46. The average molecular weight is 269 g/mol. The minimum Gasteiger partial charge on any atom is -0.383 e. The number of nitrogen functional groups attached to an aromatic ring is 1. The van der Waals surface area contributed by atoms with Gasteiger partial charge in [0.15, 0.2) is 0 Å². The zero-order valence-corrected chi connectivity index (χ0v) is 11.5. The molecule has 0 aliphatic heterocycles. The first kappa shape index (κ1) is 14.0. The molecule has 3 N–H and O–H groups in total. The van der Waals surface area contributed by atoms with Crippen molar-refractivity contribution in [1.29, 1.82) is 5.41 Å². The number of aryl methyl sites for hydroxylation is 1. The molecule has 0 aliphatic rings. The van der Waals surface area contributed by atoms with E-state index in [4.69, 9.17) is 11.1 Å². The fourth-order valence-electron chi connectivity index (χ4n) is 1.84. The van der Waals surface area contributed by atoms with Crippen molar-refractivity contribution in [2.24, 2.45) is 5.73 Å². The highest BCUT2D eigenvalue weighted by Crippen LogP contribution is 2.28. The van der Waals surface area contributed by atoms with E-state index in [2.05, 4.69) is 25.1 Å². The Morgan fingerprint density at radius 3 is 2.82 bits per heavy atom. The molecule has 0 atom stereocenters. The first-order valence-corrected chi connectivity index (χ1v) is 6.40. The lowest BCUT2D eigenvalue weighted by molar-refractivity contribution is 0.799. The second-order valence-electron chi connectivity index (χ2n) is 3.96. The Balaban J connectivity index is 0.00000144. The molecule has 0 fully saturated rings. The van der Waals surface area contributed by atoms with Crippen LogP contribution in [0.15, 0.2) is 24.3 Å². The zero-order chi connectivity index (χ0) is 11.5. The van der Waals surface area contributed by atoms with Gasteiger partial charge in [0.05, 0.1) is 4.88 Å². The summed E-state index contributed by atoms with van der Waals surface area (Å²) in [5, 5.41) is 8.73. The third-order valence-corrected chi connectivity index (χ3v) is 3.85. The molecule has 1 heterocycles. The first-order valence-electron chi connectivity index (χ1n) is 5.58. The molecule has 1 aromatic carbocycles. The molecule has 2 aromatic rings. The molecule has 4 heteroatoms. The minimum absolute atomic E-state index is 0. The standard InChI is InChI=1S/C13H16N2S.ClH/c1-2-3-5-9-6-4-7-11-10(9)8-12(16-11)13(14)15;/h4,6-8H,2-3,5H2,1H3,(H3,14,15);1H. The number of hydrogen-bond donors (Lipinski definition) is 2. The summed E-state index contributed by atoms with van der Waals surface area (Å²) in [6.07, 6.45) is 3.53. The van der Waals surface area contributed by atoms with E-state index in [0.717, 1.165) is 11.3 Å². The molecule has 2 nitrogen and oxygen atoms in total. The van der Waals surface area contributed by atoms with Crippen molar-refractivity contribution in [3.8, 4) is 0 Å². The number of fused-ring (bicyclic) bond motifs is 1. The predicted octanol–water partition coefficient (Wildman–Crippen LogP) is 3.95. The van der Waals surface area contributed by atoms with Gasteiger partial charge in [0.2, 0.25) is 0 Å². The highest BCUT2D eigenvalue weighted by atomic mass is 35.5. The van der Waals surface area contributed by atoms with E-state index in [1.807, 2.05) is 6.07 Å². The van der Waals surface area contributed by atoms with Crippen molar-refractivity contribution in [2.45, 2.75) is 26.2 Å². The highest BCUT2D eigenvalue weighted by molar-refractivity contribution is 7.20. The van der Waals surface area contributed by atoms with Crippen molar-refractivity contribution in [3.63, 3.8) is 0 Å². The molecule has 0 saturated heterocycles. The number of halogens is 1. The Morgan fingerprint density at radius 1 is 1.41 bits per heavy atom. The van der Waals surface area contributed by atoms with Crippen LogP contribution in [0.1, 0.15) is 30.2 Å². The number of benzene rings is 1. The van der Waals surface area contributed by atoms with Gasteiger partial charge < -0.3 is 5.73 Å². The number of rotatable bonds is 4. The maximum absolute atomic E-state index is 7.46. The van der Waals surface area contributed by atoms with Crippen molar-refractivity contribution in [1.82, 2.24) is 0 Å². The van der Waals surface area contributed by atoms with Gasteiger partial charge in [-0.15, -0.1) is 23.7 Å². The van der Waals surface area contributed by atoms with Crippen molar-refractivity contribution in [3.05, 3.63) is 34.7 Å². The van der Waals surface area contributed by atoms with Crippen LogP contribution < -0.4 is 5.73 Å². The first-order chi connectivity index (χ1) is 7.72. The van der Waals surface area contributed by atoms with Gasteiger partial charge in [0.1, 0.15) is 5.84 Å². The molecule has 0 spiro atoms. The molecule has 0 bridgehead atoms. The normalized spacial score (nSPS) is 10.2. The van der Waals surface area contributed by atoms with Gasteiger partial charge in [-0.1, -0.05) is 25.5 Å². The third kappa shape index (κ3) is 2.99. The lowest BCUT2D eigenvalue weighted by atomic mass is 10.0. The van der Waals surface area contributed by atoms with Gasteiger partial charge >= 0.3 is 0 Å². The number of thiophene rings is 1. The van der Waals surface area contributed by atoms with Crippen LogP contribution in [0.4, 0.5) is 0 Å². The number of unbranched alkanes of at least 4 members (excludes halogenated alkanes) is 1. The van der Waals surface area contributed by atoms with E-state index in [1.165, 1.54) is 28.5 Å². The lowest BCUT2D eigenvalue weighted by Gasteiger charge is -2.01. The SMILES string of the molecule is CCCCc1cccc2sc(C(=N)N)cc12.Cl. The van der Waals surface area contributed by atoms with Gasteiger partial charge in [-0.2, -0.15) is 0 Å². The summed E-state index contributed by atoms with van der Waals surface area (Å²) < 4.78 is 1.24. The summed E-state index contributed by atoms with van der Waals surface area (Å²) in [6.45, 7) is 2.20. The lowest BCUT2D eigenvalue weighted by Crippen LogP contribution is -2.08. The molecule has 2 rings (SSSR count). The Morgan fingerprint density at radius 2 is 2.18 bits per heavy atom. The monoisotopic (exact) mass is 268 g/mol. The van der Waals surface area contributed by atoms with E-state index < -0.39 is 0 Å². The van der Waals surface area contributed by atoms with Gasteiger partial charge in [-0.05, 0) is 35.9 Å². The van der Waals surface area contributed by atoms with Crippen molar-refractivity contribution >= 4 is 39.7 Å². The van der Waals surface area contributed by atoms with Crippen LogP contribution >= 0.6 is 23.7 Å². The number of amidine groups is 1. The molecular formula is C13H17ClN2S. The van der Waals surface area contributed by atoms with Gasteiger partial charge in [0, 0.05) is 4.70 Å². The Bertz CT molecular complexity index is 519. The Kier molecular flexibility index (Phi) is 4.97. The van der Waals surface area contributed by atoms with E-state index in [9.17, 15) is 0 Å². The summed E-state index contributed by atoms with van der Waals surface area (Å²) in [5.74, 6) is 0.169. The summed E-state index contributed by atoms with van der Waals surface area (Å²) in [7, 11) is 0. The summed E-state index contributed by atoms with van der Waals surface area (Å²) >= 11 is 1.60. The van der Waals surface area contributed by atoms with Gasteiger partial charge in [-0.25, -0.2) is 0 Å². The van der Waals surface area contributed by atoms with Crippen LogP contribution in [0.5, 0.6) is 0 Å². The summed E-state index contributed by atoms with van der Waals surface area (Å²) in [4.78, 5) is 0.874. The third-order valence-electron chi connectivity index (χ3n) is 2.72. The van der Waals surface area contributed by atoms with Gasteiger partial charge in [-0.3, -0.25) is 5.41 Å². The summed E-state index contributed by atoms with van der Waals surface area (Å²) in [5.41, 5.74) is 6.90. The Labute approximate surface area is 112 Å². The predicted molar refractivity (Wildman–Crippen MR) is 78.7 cm³/mol. The van der Waals surface area contributed by atoms with Gasteiger partial charge in [0.25, 0.3) is 0 Å². The quantitative estimate of drug-likeness (QED) is 0.640. The van der Waals surface area contributed by atoms with Crippen molar-refractivity contribution in [2.75, 3.05) is 0 Å². The highest BCUT2D eigenvalue weighted by Gasteiger charge is 2.07. The van der Waals surface area contributed by atoms with Crippen LogP contribution in [0.25, 0.3) is 10.1 Å². The largest absolute Gasteiger partial charge is 0.383 e. The van der Waals surface area contributed by atoms with Crippen LogP contribution in [0.2, 0.25) is 0 Å². The number of nitrogens with two attached hydrogens (primary N) is 1. The Hall–Kier alpha value is -1.06. The van der Waals surface area contributed by atoms with E-state index in [-0.39, 0.29) is 18.2 Å². The average Bonchev–Trinajstić information content (AvgIpc) is 2.70. The molecule has 0 aliphatic carbocycles. The van der Waals surface area contributed by atoms with E-state index >= 15 is 0 Å². The molecular weight excluding hydrogens is 252 g/mol. The smallest absolute Gasteiger partial charge is 0.133 e. The molecule has 17 heavy (non-hydrogen) atoms. The van der Waals surface area contributed by atoms with Crippen LogP contribution in [-0.2, 0) is 6.42 Å². The van der Waals surface area contributed by atoms with E-state index in [0.29, 0.717) is 0 Å². The second kappa shape index (κ2) is 6.03. The zero-order valence-electron chi connectivity index (χ0n) is 9.82. The van der Waals surface area contributed by atoms with Crippen LogP contribution in [0.3, 0.4) is 0 Å². The fourth-order valence-corrected chi connectivity index (χ4v) is 2.81. The molecule has 0 saturated carbocycles. The van der Waals surface area contributed by atoms with Crippen LogP contribution in [0, 0.1) is 5.41 Å². The topological polar surface area (TPSA) is 49.9 Å². The molecule has 92 valence electrons. The number of hydrogen-bond acceptors (Lipinski definition) is 2.